The summed E-state index contributed by atoms with van der Waals surface area (Å²) in [7, 11) is 1.61. The van der Waals surface area contributed by atoms with Crippen LogP contribution in [-0.2, 0) is 11.3 Å². The Morgan fingerprint density at radius 3 is 2.48 bits per heavy atom. The van der Waals surface area contributed by atoms with E-state index in [1.807, 2.05) is 103 Å². The molecule has 1 unspecified atom stereocenters. The fourth-order valence-electron chi connectivity index (χ4n) is 4.34. The van der Waals surface area contributed by atoms with Crippen molar-refractivity contribution in [1.82, 2.24) is 10.2 Å². The van der Waals surface area contributed by atoms with Crippen LogP contribution in [0.25, 0.3) is 0 Å². The molecule has 1 aliphatic rings. The van der Waals surface area contributed by atoms with E-state index in [1.165, 1.54) is 6.92 Å². The van der Waals surface area contributed by atoms with Gasteiger partial charge in [0.15, 0.2) is 11.5 Å². The van der Waals surface area contributed by atoms with Gasteiger partial charge in [0, 0.05) is 24.9 Å². The molecule has 0 aliphatic carbocycles. The summed E-state index contributed by atoms with van der Waals surface area (Å²) in [5, 5.41) is 6.31. The maximum atomic E-state index is 13.6. The smallest absolute Gasteiger partial charge is 0.258 e. The molecule has 4 rings (SSSR count). The number of fused-ring (bicyclic) bond motifs is 1. The molecular formula is C33H35N3O4. The van der Waals surface area contributed by atoms with Crippen LogP contribution < -0.4 is 20.1 Å². The molecule has 1 atom stereocenters. The van der Waals surface area contributed by atoms with Gasteiger partial charge in [-0.2, -0.15) is 0 Å². The van der Waals surface area contributed by atoms with Gasteiger partial charge in [0.1, 0.15) is 6.17 Å². The number of terminal acetylenes is 1. The number of hydrogen-bond donors (Lipinski definition) is 2. The highest BCUT2D eigenvalue weighted by Crippen LogP contribution is 2.37. The summed E-state index contributed by atoms with van der Waals surface area (Å²) in [6.45, 7) is 4.22. The predicted molar refractivity (Wildman–Crippen MR) is 159 cm³/mol. The second-order valence-electron chi connectivity index (χ2n) is 8.89. The number of benzene rings is 3. The van der Waals surface area contributed by atoms with Gasteiger partial charge in [-0.3, -0.25) is 9.59 Å². The molecule has 7 nitrogen and oxygen atoms in total. The maximum absolute atomic E-state index is 13.6. The predicted octanol–water partition coefficient (Wildman–Crippen LogP) is 6.08. The molecule has 1 heterocycles. The Morgan fingerprint density at radius 2 is 1.77 bits per heavy atom. The van der Waals surface area contributed by atoms with Gasteiger partial charge < -0.3 is 25.0 Å². The molecule has 0 fully saturated rings. The van der Waals surface area contributed by atoms with Crippen molar-refractivity contribution in [3.63, 3.8) is 0 Å². The van der Waals surface area contributed by atoms with Crippen LogP contribution in [0.4, 0.5) is 5.69 Å². The second-order valence-corrected chi connectivity index (χ2v) is 8.89. The lowest BCUT2D eigenvalue weighted by atomic mass is 10.0. The van der Waals surface area contributed by atoms with Crippen molar-refractivity contribution in [2.45, 2.75) is 33.0 Å². The number of hydrogen-bond acceptors (Lipinski definition) is 5. The van der Waals surface area contributed by atoms with Gasteiger partial charge in [-0.15, -0.1) is 12.8 Å². The van der Waals surface area contributed by atoms with E-state index < -0.39 is 0 Å². The van der Waals surface area contributed by atoms with E-state index in [0.717, 1.165) is 22.5 Å². The van der Waals surface area contributed by atoms with E-state index in [4.69, 9.17) is 9.47 Å². The van der Waals surface area contributed by atoms with E-state index in [9.17, 15) is 9.59 Å². The molecule has 0 aromatic heterocycles. The number of ether oxygens (including phenoxy) is 2. The summed E-state index contributed by atoms with van der Waals surface area (Å²) in [5.74, 6) is 1.07. The molecule has 40 heavy (non-hydrogen) atoms. The minimum absolute atomic E-state index is 0.0319. The van der Waals surface area contributed by atoms with Gasteiger partial charge in [0.2, 0.25) is 5.91 Å². The topological polar surface area (TPSA) is 79.9 Å². The highest BCUT2D eigenvalue weighted by molar-refractivity contribution is 6.01. The third-order valence-electron chi connectivity index (χ3n) is 6.19. The molecule has 2 amide bonds. The second kappa shape index (κ2) is 14.8. The third-order valence-corrected chi connectivity index (χ3v) is 6.19. The molecule has 3 aromatic rings. The minimum Gasteiger partial charge on any atom is -0.493 e. The third kappa shape index (κ3) is 7.55. The summed E-state index contributed by atoms with van der Waals surface area (Å²) in [5.41, 5.74) is 4.12. The van der Waals surface area contributed by atoms with E-state index in [1.54, 1.807) is 7.11 Å². The first-order valence-electron chi connectivity index (χ1n) is 12.9. The molecule has 206 valence electrons. The highest BCUT2D eigenvalue weighted by atomic mass is 16.5. The minimum atomic E-state index is -0.388. The van der Waals surface area contributed by atoms with Gasteiger partial charge in [-0.25, -0.2) is 0 Å². The zero-order valence-electron chi connectivity index (χ0n) is 23.1. The Hall–Kier alpha value is -4.96. The molecule has 0 saturated heterocycles. The number of para-hydroxylation sites is 1. The van der Waals surface area contributed by atoms with Crippen LogP contribution in [0.2, 0.25) is 0 Å². The van der Waals surface area contributed by atoms with E-state index >= 15 is 0 Å². The van der Waals surface area contributed by atoms with E-state index in [2.05, 4.69) is 23.5 Å². The fourth-order valence-corrected chi connectivity index (χ4v) is 4.34. The number of rotatable bonds is 10. The van der Waals surface area contributed by atoms with Crippen LogP contribution in [0.1, 0.15) is 47.9 Å². The largest absolute Gasteiger partial charge is 0.493 e. The van der Waals surface area contributed by atoms with E-state index in [0.29, 0.717) is 36.6 Å². The Labute approximate surface area is 236 Å². The van der Waals surface area contributed by atoms with Crippen LogP contribution in [0.15, 0.2) is 96.7 Å². The Bertz CT molecular complexity index is 1380. The van der Waals surface area contributed by atoms with Crippen molar-refractivity contribution >= 4 is 17.5 Å². The lowest BCUT2D eigenvalue weighted by Gasteiger charge is -2.38. The lowest BCUT2D eigenvalue weighted by Crippen LogP contribution is -2.42. The zero-order chi connectivity index (χ0) is 28.9. The van der Waals surface area contributed by atoms with Crippen molar-refractivity contribution in [2.24, 2.45) is 0 Å². The summed E-state index contributed by atoms with van der Waals surface area (Å²) in [6, 6.07) is 23.3. The van der Waals surface area contributed by atoms with Gasteiger partial charge in [-0.1, -0.05) is 60.7 Å². The van der Waals surface area contributed by atoms with Crippen LogP contribution in [-0.4, -0.2) is 30.4 Å². The number of carbonyl (C=O) groups excluding carboxylic acids is 2. The summed E-state index contributed by atoms with van der Waals surface area (Å²) >= 11 is 0. The SMILES string of the molecule is C#C.C/C=C(\C=C/CCOc1cc(C2Nc3ccccc3C(=O)N2Cc2ccccc2)ccc1OC)NC(C)=O. The number of carbonyl (C=O) groups is 2. The Morgan fingerprint density at radius 1 is 1.05 bits per heavy atom. The van der Waals surface area contributed by atoms with Crippen molar-refractivity contribution in [1.29, 1.82) is 0 Å². The maximum Gasteiger partial charge on any atom is 0.258 e. The monoisotopic (exact) mass is 537 g/mol. The first kappa shape index (κ1) is 29.6. The quantitative estimate of drug-likeness (QED) is 0.186. The summed E-state index contributed by atoms with van der Waals surface area (Å²) < 4.78 is 11.6. The van der Waals surface area contributed by atoms with Crippen LogP contribution in [0, 0.1) is 12.8 Å². The van der Waals surface area contributed by atoms with Gasteiger partial charge >= 0.3 is 0 Å². The van der Waals surface area contributed by atoms with Crippen molar-refractivity contribution < 1.29 is 19.1 Å². The lowest BCUT2D eigenvalue weighted by molar-refractivity contribution is -0.118. The Balaban J connectivity index is 0.00000216. The summed E-state index contributed by atoms with van der Waals surface area (Å²) in [6.07, 6.45) is 13.9. The van der Waals surface area contributed by atoms with Crippen LogP contribution in [0.5, 0.6) is 11.5 Å². The molecule has 2 N–H and O–H groups in total. The standard InChI is InChI=1S/C31H33N3O4.C2H2/c1-4-25(32-22(2)35)14-10-11-19-38-29-20-24(17-18-28(29)37-3)30-33-27-16-9-8-15-26(27)31(36)34(30)21-23-12-6-5-7-13-23;1-2/h4-10,12-18,20,30,33H,11,19,21H2,1-3H3,(H,32,35);1-2H/b14-10-,25-4+;. The first-order chi connectivity index (χ1) is 19.5. The zero-order valence-corrected chi connectivity index (χ0v) is 23.1. The number of methoxy groups -OCH3 is 1. The molecule has 0 saturated carbocycles. The van der Waals surface area contributed by atoms with E-state index in [-0.39, 0.29) is 18.0 Å². The van der Waals surface area contributed by atoms with Gasteiger partial charge in [0.25, 0.3) is 5.91 Å². The number of nitrogens with zero attached hydrogens (tertiary/aromatic N) is 1. The summed E-state index contributed by atoms with van der Waals surface area (Å²) in [4.78, 5) is 26.7. The van der Waals surface area contributed by atoms with Crippen LogP contribution in [0.3, 0.4) is 0 Å². The fraction of sp³-hybridized carbons (Fsp3) is 0.212. The van der Waals surface area contributed by atoms with Gasteiger partial charge in [-0.05, 0) is 54.8 Å². The highest BCUT2D eigenvalue weighted by Gasteiger charge is 2.33. The average Bonchev–Trinajstić information content (AvgIpc) is 2.99. The number of amides is 2. The first-order valence-corrected chi connectivity index (χ1v) is 12.9. The molecule has 0 bridgehead atoms. The molecule has 0 radical (unpaired) electrons. The molecular weight excluding hydrogens is 502 g/mol. The average molecular weight is 538 g/mol. The molecule has 7 heteroatoms. The van der Waals surface area contributed by atoms with Crippen LogP contribution >= 0.6 is 0 Å². The molecule has 1 aliphatic heterocycles. The molecule has 0 spiro atoms. The van der Waals surface area contributed by atoms with Crippen molar-refractivity contribution in [2.75, 3.05) is 19.0 Å². The number of nitrogens with one attached hydrogen (secondary N) is 2. The van der Waals surface area contributed by atoms with Crippen molar-refractivity contribution in [3.05, 3.63) is 113 Å². The van der Waals surface area contributed by atoms with Crippen molar-refractivity contribution in [3.8, 4) is 24.3 Å². The Kier molecular flexibility index (Phi) is 11.0. The number of allylic oxidation sites excluding steroid dienone is 2. The molecule has 3 aromatic carbocycles. The number of anilines is 1. The van der Waals surface area contributed by atoms with Gasteiger partial charge in [0.05, 0.1) is 19.3 Å². The normalized spacial score (nSPS) is 14.4.